The SMILES string of the molecule is COc1ccc(CN(CC(=O)O)C(=O)CNC(=O)OCC2c3ccccc3-c3ccccc32)c(O)c1. The molecule has 9 heteroatoms. The van der Waals surface area contributed by atoms with Crippen LogP contribution < -0.4 is 10.1 Å². The summed E-state index contributed by atoms with van der Waals surface area (Å²) in [5, 5.41) is 21.8. The van der Waals surface area contributed by atoms with Gasteiger partial charge in [0.15, 0.2) is 0 Å². The van der Waals surface area contributed by atoms with Crippen LogP contribution in [0.1, 0.15) is 22.6 Å². The van der Waals surface area contributed by atoms with Crippen molar-refractivity contribution in [2.75, 3.05) is 26.8 Å². The number of aliphatic carboxylic acids is 1. The minimum atomic E-state index is -1.22. The number of carbonyl (C=O) groups is 3. The van der Waals surface area contributed by atoms with E-state index in [2.05, 4.69) is 5.32 Å². The average Bonchev–Trinajstić information content (AvgIpc) is 3.20. The molecule has 0 aliphatic heterocycles. The summed E-state index contributed by atoms with van der Waals surface area (Å²) in [6.45, 7) is -1.13. The van der Waals surface area contributed by atoms with Crippen LogP contribution in [0.2, 0.25) is 0 Å². The van der Waals surface area contributed by atoms with Gasteiger partial charge in [-0.2, -0.15) is 0 Å². The van der Waals surface area contributed by atoms with E-state index >= 15 is 0 Å². The summed E-state index contributed by atoms with van der Waals surface area (Å²) in [4.78, 5) is 37.4. The number of alkyl carbamates (subject to hydrolysis) is 1. The Morgan fingerprint density at radius 1 is 0.972 bits per heavy atom. The molecule has 0 saturated heterocycles. The predicted octanol–water partition coefficient (Wildman–Crippen LogP) is 3.35. The summed E-state index contributed by atoms with van der Waals surface area (Å²) in [7, 11) is 1.45. The maximum absolute atomic E-state index is 12.7. The molecule has 3 aromatic rings. The molecular formula is C27H26N2O7. The molecule has 0 saturated carbocycles. The number of fused-ring (bicyclic) bond motifs is 3. The van der Waals surface area contributed by atoms with Crippen LogP contribution in [0.5, 0.6) is 11.5 Å². The van der Waals surface area contributed by atoms with E-state index in [1.165, 1.54) is 19.2 Å². The zero-order chi connectivity index (χ0) is 25.7. The minimum Gasteiger partial charge on any atom is -0.507 e. The number of nitrogens with zero attached hydrogens (tertiary/aromatic N) is 1. The molecule has 3 N–H and O–H groups in total. The first-order valence-electron chi connectivity index (χ1n) is 11.3. The number of rotatable bonds is 9. The highest BCUT2D eigenvalue weighted by atomic mass is 16.5. The normalized spacial score (nSPS) is 11.8. The van der Waals surface area contributed by atoms with Crippen LogP contribution in [-0.4, -0.2) is 59.9 Å². The third kappa shape index (κ3) is 5.41. The zero-order valence-corrected chi connectivity index (χ0v) is 19.6. The van der Waals surface area contributed by atoms with Gasteiger partial charge in [-0.3, -0.25) is 9.59 Å². The highest BCUT2D eigenvalue weighted by molar-refractivity contribution is 5.85. The number of methoxy groups -OCH3 is 1. The van der Waals surface area contributed by atoms with Crippen molar-refractivity contribution in [3.8, 4) is 22.6 Å². The molecule has 0 aromatic heterocycles. The number of nitrogens with one attached hydrogen (secondary N) is 1. The molecule has 186 valence electrons. The number of carbonyl (C=O) groups excluding carboxylic acids is 2. The van der Waals surface area contributed by atoms with Gasteiger partial charge in [-0.25, -0.2) is 4.79 Å². The van der Waals surface area contributed by atoms with E-state index in [-0.39, 0.29) is 24.8 Å². The monoisotopic (exact) mass is 490 g/mol. The summed E-state index contributed by atoms with van der Waals surface area (Å²) in [6, 6.07) is 20.4. The molecule has 4 rings (SSSR count). The first-order chi connectivity index (χ1) is 17.4. The minimum absolute atomic E-state index is 0.0899. The van der Waals surface area contributed by atoms with Crippen molar-refractivity contribution in [3.63, 3.8) is 0 Å². The van der Waals surface area contributed by atoms with Crippen molar-refractivity contribution in [2.24, 2.45) is 0 Å². The second-order valence-corrected chi connectivity index (χ2v) is 8.32. The second-order valence-electron chi connectivity index (χ2n) is 8.32. The van der Waals surface area contributed by atoms with E-state index in [4.69, 9.17) is 9.47 Å². The summed E-state index contributed by atoms with van der Waals surface area (Å²) in [5.74, 6) is -1.70. The predicted molar refractivity (Wildman–Crippen MR) is 131 cm³/mol. The number of benzene rings is 3. The van der Waals surface area contributed by atoms with Gasteiger partial charge < -0.3 is 29.9 Å². The number of hydrogen-bond donors (Lipinski definition) is 3. The molecule has 0 heterocycles. The van der Waals surface area contributed by atoms with Crippen molar-refractivity contribution >= 4 is 18.0 Å². The molecule has 0 radical (unpaired) electrons. The fraction of sp³-hybridized carbons (Fsp3) is 0.222. The fourth-order valence-corrected chi connectivity index (χ4v) is 4.31. The molecule has 2 amide bonds. The van der Waals surface area contributed by atoms with Crippen molar-refractivity contribution in [3.05, 3.63) is 83.4 Å². The van der Waals surface area contributed by atoms with Crippen LogP contribution in [0, 0.1) is 0 Å². The third-order valence-corrected chi connectivity index (χ3v) is 6.06. The Bertz CT molecular complexity index is 1250. The van der Waals surface area contributed by atoms with E-state index in [1.54, 1.807) is 6.07 Å². The van der Waals surface area contributed by atoms with E-state index < -0.39 is 31.1 Å². The molecule has 0 atom stereocenters. The van der Waals surface area contributed by atoms with Crippen LogP contribution in [0.15, 0.2) is 66.7 Å². The number of phenolic OH excluding ortho intramolecular Hbond substituents is 1. The zero-order valence-electron chi connectivity index (χ0n) is 19.6. The molecule has 36 heavy (non-hydrogen) atoms. The number of hydrogen-bond acceptors (Lipinski definition) is 6. The Morgan fingerprint density at radius 2 is 1.61 bits per heavy atom. The lowest BCUT2D eigenvalue weighted by Gasteiger charge is -2.22. The van der Waals surface area contributed by atoms with Gasteiger partial charge in [0.25, 0.3) is 0 Å². The quantitative estimate of drug-likeness (QED) is 0.420. The van der Waals surface area contributed by atoms with Gasteiger partial charge in [-0.05, 0) is 34.4 Å². The Kier molecular flexibility index (Phi) is 7.39. The number of carboxylic acids is 1. The van der Waals surface area contributed by atoms with Gasteiger partial charge in [-0.1, -0.05) is 48.5 Å². The van der Waals surface area contributed by atoms with E-state index in [0.717, 1.165) is 27.2 Å². The Morgan fingerprint density at radius 3 is 2.19 bits per heavy atom. The third-order valence-electron chi connectivity index (χ3n) is 6.06. The number of aromatic hydroxyl groups is 1. The molecule has 3 aromatic carbocycles. The van der Waals surface area contributed by atoms with Crippen LogP contribution in [-0.2, 0) is 20.9 Å². The summed E-state index contributed by atoms with van der Waals surface area (Å²) >= 11 is 0. The Balaban J connectivity index is 1.36. The lowest BCUT2D eigenvalue weighted by atomic mass is 9.98. The maximum Gasteiger partial charge on any atom is 0.407 e. The maximum atomic E-state index is 12.7. The summed E-state index contributed by atoms with van der Waals surface area (Å²) in [5.41, 5.74) is 4.67. The molecule has 0 bridgehead atoms. The second kappa shape index (κ2) is 10.8. The van der Waals surface area contributed by atoms with Gasteiger partial charge in [0.05, 0.1) is 7.11 Å². The number of amides is 2. The van der Waals surface area contributed by atoms with Gasteiger partial charge in [0.1, 0.15) is 31.2 Å². The fourth-order valence-electron chi connectivity index (χ4n) is 4.31. The summed E-state index contributed by atoms with van der Waals surface area (Å²) < 4.78 is 10.5. The highest BCUT2D eigenvalue weighted by Gasteiger charge is 2.29. The van der Waals surface area contributed by atoms with Crippen LogP contribution >= 0.6 is 0 Å². The van der Waals surface area contributed by atoms with Crippen molar-refractivity contribution in [1.29, 1.82) is 0 Å². The van der Waals surface area contributed by atoms with Crippen LogP contribution in [0.25, 0.3) is 11.1 Å². The largest absolute Gasteiger partial charge is 0.507 e. The highest BCUT2D eigenvalue weighted by Crippen LogP contribution is 2.44. The lowest BCUT2D eigenvalue weighted by Crippen LogP contribution is -2.42. The smallest absolute Gasteiger partial charge is 0.407 e. The van der Waals surface area contributed by atoms with Gasteiger partial charge in [0.2, 0.25) is 5.91 Å². The van der Waals surface area contributed by atoms with Crippen LogP contribution in [0.3, 0.4) is 0 Å². The molecule has 1 aliphatic rings. The Hall–Kier alpha value is -4.53. The van der Waals surface area contributed by atoms with E-state index in [9.17, 15) is 24.6 Å². The standard InChI is InChI=1S/C27H26N2O7/c1-35-18-11-10-17(24(30)12-18)14-29(15-26(32)33)25(31)13-28-27(34)36-16-23-21-8-4-2-6-19(21)20-7-3-5-9-22(20)23/h2-12,23,30H,13-16H2,1H3,(H,28,34)(H,32,33). The first kappa shape index (κ1) is 24.6. The van der Waals surface area contributed by atoms with Gasteiger partial charge in [-0.15, -0.1) is 0 Å². The van der Waals surface area contributed by atoms with Crippen molar-refractivity contribution < 1.29 is 34.1 Å². The van der Waals surface area contributed by atoms with Gasteiger partial charge >= 0.3 is 12.1 Å². The molecule has 0 spiro atoms. The number of carboxylic acid groups (broad SMARTS) is 1. The molecule has 0 fully saturated rings. The van der Waals surface area contributed by atoms with Crippen molar-refractivity contribution in [2.45, 2.75) is 12.5 Å². The van der Waals surface area contributed by atoms with Crippen LogP contribution in [0.4, 0.5) is 4.79 Å². The first-order valence-corrected chi connectivity index (χ1v) is 11.3. The van der Waals surface area contributed by atoms with Crippen molar-refractivity contribution in [1.82, 2.24) is 10.2 Å². The Labute approximate surface area is 207 Å². The van der Waals surface area contributed by atoms with Gasteiger partial charge in [0, 0.05) is 24.1 Å². The molecule has 0 unspecified atom stereocenters. The molecule has 9 nitrogen and oxygen atoms in total. The number of ether oxygens (including phenoxy) is 2. The molecule has 1 aliphatic carbocycles. The van der Waals surface area contributed by atoms with E-state index in [0.29, 0.717) is 11.3 Å². The number of phenols is 1. The van der Waals surface area contributed by atoms with E-state index in [1.807, 2.05) is 48.5 Å². The molecular weight excluding hydrogens is 464 g/mol. The summed E-state index contributed by atoms with van der Waals surface area (Å²) in [6.07, 6.45) is -0.784. The average molecular weight is 491 g/mol. The topological polar surface area (TPSA) is 125 Å². The lowest BCUT2D eigenvalue weighted by molar-refractivity contribution is -0.144.